The fourth-order valence-electron chi connectivity index (χ4n) is 2.70. The summed E-state index contributed by atoms with van der Waals surface area (Å²) in [6.45, 7) is 5.98. The van der Waals surface area contributed by atoms with Crippen LogP contribution in [-0.2, 0) is 0 Å². The molecule has 2 rings (SSSR count). The number of carbonyl (C=O) groups excluding carboxylic acids is 1. The molecule has 0 aromatic heterocycles. The number of carbonyl (C=O) groups is 1. The predicted molar refractivity (Wildman–Crippen MR) is 74.7 cm³/mol. The molecule has 18 heavy (non-hydrogen) atoms. The lowest BCUT2D eigenvalue weighted by Gasteiger charge is -2.35. The van der Waals surface area contributed by atoms with Gasteiger partial charge in [0.15, 0.2) is 0 Å². The SMILES string of the molecule is CC1CC(C)CN(C(=O)c2ccc(N)cc2Cl)C1. The van der Waals surface area contributed by atoms with Crippen molar-refractivity contribution in [3.8, 4) is 0 Å². The van der Waals surface area contributed by atoms with Gasteiger partial charge in [0.25, 0.3) is 5.91 Å². The van der Waals surface area contributed by atoms with E-state index in [1.807, 2.05) is 4.90 Å². The fraction of sp³-hybridized carbons (Fsp3) is 0.500. The van der Waals surface area contributed by atoms with E-state index < -0.39 is 0 Å². The summed E-state index contributed by atoms with van der Waals surface area (Å²) in [5.41, 5.74) is 6.77. The minimum Gasteiger partial charge on any atom is -0.399 e. The smallest absolute Gasteiger partial charge is 0.255 e. The molecule has 4 heteroatoms. The van der Waals surface area contributed by atoms with Gasteiger partial charge in [0, 0.05) is 18.8 Å². The lowest BCUT2D eigenvalue weighted by Crippen LogP contribution is -2.42. The van der Waals surface area contributed by atoms with Crippen molar-refractivity contribution < 1.29 is 4.79 Å². The van der Waals surface area contributed by atoms with E-state index in [4.69, 9.17) is 17.3 Å². The first-order valence-electron chi connectivity index (χ1n) is 6.31. The lowest BCUT2D eigenvalue weighted by atomic mass is 9.91. The molecule has 1 fully saturated rings. The molecule has 0 aliphatic carbocycles. The molecule has 2 N–H and O–H groups in total. The topological polar surface area (TPSA) is 46.3 Å². The summed E-state index contributed by atoms with van der Waals surface area (Å²) in [6.07, 6.45) is 1.18. The van der Waals surface area contributed by atoms with E-state index in [-0.39, 0.29) is 5.91 Å². The number of hydrogen-bond donors (Lipinski definition) is 1. The third-order valence-electron chi connectivity index (χ3n) is 3.38. The number of anilines is 1. The van der Waals surface area contributed by atoms with Crippen LogP contribution >= 0.6 is 11.6 Å². The quantitative estimate of drug-likeness (QED) is 0.794. The van der Waals surface area contributed by atoms with Crippen LogP contribution in [0.4, 0.5) is 5.69 Å². The van der Waals surface area contributed by atoms with Crippen molar-refractivity contribution in [2.24, 2.45) is 11.8 Å². The molecule has 1 aliphatic rings. The second-order valence-corrected chi connectivity index (χ2v) is 5.80. The highest BCUT2D eigenvalue weighted by molar-refractivity contribution is 6.34. The van der Waals surface area contributed by atoms with Crippen LogP contribution in [0.3, 0.4) is 0 Å². The summed E-state index contributed by atoms with van der Waals surface area (Å²) < 4.78 is 0. The maximum Gasteiger partial charge on any atom is 0.255 e. The number of nitrogens with two attached hydrogens (primary N) is 1. The number of rotatable bonds is 1. The Kier molecular flexibility index (Phi) is 3.81. The Morgan fingerprint density at radius 2 is 1.94 bits per heavy atom. The molecular formula is C14H19ClN2O. The van der Waals surface area contributed by atoms with E-state index >= 15 is 0 Å². The van der Waals surface area contributed by atoms with Crippen molar-refractivity contribution in [3.05, 3.63) is 28.8 Å². The Hall–Kier alpha value is -1.22. The normalized spacial score (nSPS) is 24.1. The summed E-state index contributed by atoms with van der Waals surface area (Å²) in [7, 11) is 0. The van der Waals surface area contributed by atoms with Crippen LogP contribution in [0.2, 0.25) is 5.02 Å². The zero-order valence-corrected chi connectivity index (χ0v) is 11.6. The van der Waals surface area contributed by atoms with Gasteiger partial charge < -0.3 is 10.6 Å². The summed E-state index contributed by atoms with van der Waals surface area (Å²) in [5.74, 6) is 1.11. The van der Waals surface area contributed by atoms with Crippen molar-refractivity contribution >= 4 is 23.2 Å². The van der Waals surface area contributed by atoms with Gasteiger partial charge in [-0.3, -0.25) is 4.79 Å². The van der Waals surface area contributed by atoms with E-state index in [2.05, 4.69) is 13.8 Å². The third-order valence-corrected chi connectivity index (χ3v) is 3.69. The highest BCUT2D eigenvalue weighted by Gasteiger charge is 2.27. The Morgan fingerprint density at radius 3 is 2.50 bits per heavy atom. The maximum atomic E-state index is 12.4. The van der Waals surface area contributed by atoms with E-state index in [9.17, 15) is 4.79 Å². The lowest BCUT2D eigenvalue weighted by molar-refractivity contribution is 0.0623. The molecule has 1 saturated heterocycles. The number of nitrogens with zero attached hydrogens (tertiary/aromatic N) is 1. The molecule has 1 heterocycles. The molecule has 1 amide bonds. The zero-order valence-electron chi connectivity index (χ0n) is 10.8. The molecule has 1 aromatic carbocycles. The van der Waals surface area contributed by atoms with Crippen LogP contribution in [0.15, 0.2) is 18.2 Å². The molecule has 98 valence electrons. The predicted octanol–water partition coefficient (Wildman–Crippen LogP) is 3.04. The minimum atomic E-state index is 0.0124. The molecule has 3 nitrogen and oxygen atoms in total. The van der Waals surface area contributed by atoms with E-state index in [0.717, 1.165) is 13.1 Å². The van der Waals surface area contributed by atoms with Crippen molar-refractivity contribution in [3.63, 3.8) is 0 Å². The van der Waals surface area contributed by atoms with Gasteiger partial charge in [-0.25, -0.2) is 0 Å². The zero-order chi connectivity index (χ0) is 13.3. The van der Waals surface area contributed by atoms with Crippen LogP contribution in [-0.4, -0.2) is 23.9 Å². The fourth-order valence-corrected chi connectivity index (χ4v) is 2.97. The van der Waals surface area contributed by atoms with Gasteiger partial charge in [-0.2, -0.15) is 0 Å². The molecule has 2 atom stereocenters. The van der Waals surface area contributed by atoms with Crippen molar-refractivity contribution in [2.75, 3.05) is 18.8 Å². The summed E-state index contributed by atoms with van der Waals surface area (Å²) in [5, 5.41) is 0.436. The molecule has 0 saturated carbocycles. The van der Waals surface area contributed by atoms with E-state index in [1.165, 1.54) is 6.42 Å². The van der Waals surface area contributed by atoms with Crippen molar-refractivity contribution in [1.82, 2.24) is 4.90 Å². The molecule has 0 radical (unpaired) electrons. The number of halogens is 1. The largest absolute Gasteiger partial charge is 0.399 e. The number of benzene rings is 1. The van der Waals surface area contributed by atoms with Gasteiger partial charge in [-0.15, -0.1) is 0 Å². The molecule has 2 unspecified atom stereocenters. The summed E-state index contributed by atoms with van der Waals surface area (Å²) in [6, 6.07) is 5.06. The Labute approximate surface area is 113 Å². The Balaban J connectivity index is 2.20. The number of hydrogen-bond acceptors (Lipinski definition) is 2. The van der Waals surface area contributed by atoms with Crippen molar-refractivity contribution in [2.45, 2.75) is 20.3 Å². The van der Waals surface area contributed by atoms with Gasteiger partial charge >= 0.3 is 0 Å². The number of piperidine rings is 1. The third kappa shape index (κ3) is 2.78. The second kappa shape index (κ2) is 5.19. The van der Waals surface area contributed by atoms with Gasteiger partial charge in [-0.1, -0.05) is 25.4 Å². The number of nitrogen functional groups attached to an aromatic ring is 1. The number of likely N-dealkylation sites (tertiary alicyclic amines) is 1. The molecular weight excluding hydrogens is 248 g/mol. The second-order valence-electron chi connectivity index (χ2n) is 5.40. The van der Waals surface area contributed by atoms with E-state index in [0.29, 0.717) is 28.1 Å². The summed E-state index contributed by atoms with van der Waals surface area (Å²) in [4.78, 5) is 14.3. The minimum absolute atomic E-state index is 0.0124. The van der Waals surface area contributed by atoms with Crippen LogP contribution in [0, 0.1) is 11.8 Å². The van der Waals surface area contributed by atoms with Gasteiger partial charge in [0.05, 0.1) is 10.6 Å². The van der Waals surface area contributed by atoms with Crippen LogP contribution in [0.1, 0.15) is 30.6 Å². The standard InChI is InChI=1S/C14H19ClN2O/c1-9-5-10(2)8-17(7-9)14(18)12-4-3-11(16)6-13(12)15/h3-4,6,9-10H,5,7-8,16H2,1-2H3. The van der Waals surface area contributed by atoms with Gasteiger partial charge in [-0.05, 0) is 36.5 Å². The number of amides is 1. The molecule has 0 spiro atoms. The molecule has 0 bridgehead atoms. The highest BCUT2D eigenvalue weighted by Crippen LogP contribution is 2.25. The van der Waals surface area contributed by atoms with Crippen LogP contribution in [0.25, 0.3) is 0 Å². The maximum absolute atomic E-state index is 12.4. The average molecular weight is 267 g/mol. The first kappa shape index (κ1) is 13.2. The Bertz CT molecular complexity index is 451. The average Bonchev–Trinajstić information content (AvgIpc) is 2.26. The summed E-state index contributed by atoms with van der Waals surface area (Å²) >= 11 is 6.09. The Morgan fingerprint density at radius 1 is 1.33 bits per heavy atom. The molecule has 1 aromatic rings. The monoisotopic (exact) mass is 266 g/mol. The van der Waals surface area contributed by atoms with Crippen LogP contribution < -0.4 is 5.73 Å². The molecule has 1 aliphatic heterocycles. The van der Waals surface area contributed by atoms with Gasteiger partial charge in [0.2, 0.25) is 0 Å². The highest BCUT2D eigenvalue weighted by atomic mass is 35.5. The van der Waals surface area contributed by atoms with Crippen molar-refractivity contribution in [1.29, 1.82) is 0 Å². The van der Waals surface area contributed by atoms with Crippen LogP contribution in [0.5, 0.6) is 0 Å². The van der Waals surface area contributed by atoms with Gasteiger partial charge in [0.1, 0.15) is 0 Å². The first-order chi connectivity index (χ1) is 8.47. The van der Waals surface area contributed by atoms with E-state index in [1.54, 1.807) is 18.2 Å². The first-order valence-corrected chi connectivity index (χ1v) is 6.69.